The Morgan fingerprint density at radius 2 is 2.15 bits per heavy atom. The molecular weight excluding hydrogens is 248 g/mol. The molecule has 102 valence electrons. The van der Waals surface area contributed by atoms with Gasteiger partial charge in [0.15, 0.2) is 0 Å². The number of aromatic nitrogens is 3. The van der Waals surface area contributed by atoms with Gasteiger partial charge in [0.1, 0.15) is 11.6 Å². The Kier molecular flexibility index (Phi) is 3.22. The largest absolute Gasteiger partial charge is 0.296 e. The van der Waals surface area contributed by atoms with Gasteiger partial charge < -0.3 is 0 Å². The van der Waals surface area contributed by atoms with Crippen molar-refractivity contribution in [3.8, 4) is 5.69 Å². The molecule has 0 N–H and O–H groups in total. The van der Waals surface area contributed by atoms with E-state index >= 15 is 0 Å². The molecule has 2 heterocycles. The lowest BCUT2D eigenvalue weighted by Gasteiger charge is -2.19. The first-order chi connectivity index (χ1) is 9.74. The van der Waals surface area contributed by atoms with Crippen molar-refractivity contribution in [2.24, 2.45) is 4.99 Å². The maximum atomic E-state index is 4.24. The zero-order valence-corrected chi connectivity index (χ0v) is 12.1. The topological polar surface area (TPSA) is 43.1 Å². The third-order valence-electron chi connectivity index (χ3n) is 3.74. The summed E-state index contributed by atoms with van der Waals surface area (Å²) in [6.07, 6.45) is 5.96. The number of fused-ring (bicyclic) bond motifs is 3. The van der Waals surface area contributed by atoms with Crippen LogP contribution in [-0.2, 0) is 12.8 Å². The van der Waals surface area contributed by atoms with Gasteiger partial charge in [-0.25, -0.2) is 0 Å². The molecule has 0 spiro atoms. The van der Waals surface area contributed by atoms with Gasteiger partial charge in [0.2, 0.25) is 0 Å². The molecule has 4 heteroatoms. The van der Waals surface area contributed by atoms with Crippen LogP contribution in [0.15, 0.2) is 29.3 Å². The summed E-state index contributed by atoms with van der Waals surface area (Å²) in [7, 11) is 1.80. The van der Waals surface area contributed by atoms with Gasteiger partial charge in [-0.1, -0.05) is 12.1 Å². The maximum absolute atomic E-state index is 4.24. The number of aryl methyl sites for hydroxylation is 3. The van der Waals surface area contributed by atoms with E-state index in [9.17, 15) is 0 Å². The van der Waals surface area contributed by atoms with Gasteiger partial charge in [0.05, 0.1) is 5.69 Å². The average molecular weight is 266 g/mol. The molecule has 1 aliphatic heterocycles. The van der Waals surface area contributed by atoms with Crippen LogP contribution in [0.5, 0.6) is 0 Å². The molecule has 0 aliphatic carbocycles. The van der Waals surface area contributed by atoms with E-state index in [0.717, 1.165) is 30.1 Å². The van der Waals surface area contributed by atoms with Gasteiger partial charge in [-0.2, -0.15) is 0 Å². The van der Waals surface area contributed by atoms with Gasteiger partial charge in [0.25, 0.3) is 0 Å². The number of hydrogen-bond donors (Lipinski definition) is 0. The summed E-state index contributed by atoms with van der Waals surface area (Å²) >= 11 is 0. The fourth-order valence-electron chi connectivity index (χ4n) is 2.77. The van der Waals surface area contributed by atoms with Crippen LogP contribution in [0, 0.1) is 6.92 Å². The zero-order chi connectivity index (χ0) is 14.1. The molecule has 0 radical (unpaired) electrons. The highest BCUT2D eigenvalue weighted by Crippen LogP contribution is 2.27. The van der Waals surface area contributed by atoms with Crippen LogP contribution in [-0.4, -0.2) is 28.0 Å². The molecule has 0 amide bonds. The number of benzene rings is 1. The SMILES string of the molecule is CC=C(C=NC)c1ccc2c(c1)CCc1nnc(C)n1-2. The predicted octanol–water partition coefficient (Wildman–Crippen LogP) is 2.78. The second-order valence-corrected chi connectivity index (χ2v) is 4.97. The Labute approximate surface area is 118 Å². The lowest BCUT2D eigenvalue weighted by Crippen LogP contribution is -2.13. The molecule has 1 aromatic carbocycles. The molecule has 0 atom stereocenters. The minimum atomic E-state index is 0.949. The minimum absolute atomic E-state index is 0.949. The third kappa shape index (κ3) is 1.97. The minimum Gasteiger partial charge on any atom is -0.296 e. The summed E-state index contributed by atoms with van der Waals surface area (Å²) in [5.41, 5.74) is 4.93. The highest BCUT2D eigenvalue weighted by atomic mass is 15.3. The first-order valence-electron chi connectivity index (χ1n) is 6.87. The van der Waals surface area contributed by atoms with Crippen molar-refractivity contribution in [1.29, 1.82) is 0 Å². The van der Waals surface area contributed by atoms with Crippen LogP contribution in [0.1, 0.15) is 29.7 Å². The van der Waals surface area contributed by atoms with E-state index in [-0.39, 0.29) is 0 Å². The Morgan fingerprint density at radius 3 is 2.90 bits per heavy atom. The fourth-order valence-corrected chi connectivity index (χ4v) is 2.77. The highest BCUT2D eigenvalue weighted by Gasteiger charge is 2.19. The Balaban J connectivity index is 2.10. The molecule has 2 aromatic rings. The molecule has 0 saturated heterocycles. The van der Waals surface area contributed by atoms with E-state index in [0.29, 0.717) is 0 Å². The quantitative estimate of drug-likeness (QED) is 0.784. The van der Waals surface area contributed by atoms with Crippen molar-refractivity contribution in [3.63, 3.8) is 0 Å². The van der Waals surface area contributed by atoms with Crippen molar-refractivity contribution in [3.05, 3.63) is 47.1 Å². The Morgan fingerprint density at radius 1 is 1.30 bits per heavy atom. The zero-order valence-electron chi connectivity index (χ0n) is 12.1. The van der Waals surface area contributed by atoms with Gasteiger partial charge in [-0.3, -0.25) is 9.56 Å². The fraction of sp³-hybridized carbons (Fsp3) is 0.312. The molecule has 0 bridgehead atoms. The van der Waals surface area contributed by atoms with Crippen molar-refractivity contribution >= 4 is 11.8 Å². The number of rotatable bonds is 2. The van der Waals surface area contributed by atoms with Gasteiger partial charge >= 0.3 is 0 Å². The molecule has 0 fully saturated rings. The standard InChI is InChI=1S/C16H18N4/c1-4-12(10-17-3)13-5-7-15-14(9-13)6-8-16-19-18-11(2)20(15)16/h4-5,7,9-10H,6,8H2,1-3H3. The number of nitrogens with zero attached hydrogens (tertiary/aromatic N) is 4. The molecule has 1 aromatic heterocycles. The molecule has 3 rings (SSSR count). The average Bonchev–Trinajstić information content (AvgIpc) is 2.86. The summed E-state index contributed by atoms with van der Waals surface area (Å²) in [5, 5.41) is 8.42. The van der Waals surface area contributed by atoms with Crippen LogP contribution < -0.4 is 0 Å². The second kappa shape index (κ2) is 5.04. The molecular formula is C16H18N4. The Hall–Kier alpha value is -2.23. The predicted molar refractivity (Wildman–Crippen MR) is 81.6 cm³/mol. The van der Waals surface area contributed by atoms with E-state index in [4.69, 9.17) is 0 Å². The van der Waals surface area contributed by atoms with E-state index < -0.39 is 0 Å². The van der Waals surface area contributed by atoms with Crippen molar-refractivity contribution in [2.45, 2.75) is 26.7 Å². The molecule has 0 unspecified atom stereocenters. The number of hydrogen-bond acceptors (Lipinski definition) is 3. The van der Waals surface area contributed by atoms with Crippen LogP contribution in [0.25, 0.3) is 11.3 Å². The van der Waals surface area contributed by atoms with E-state index in [1.807, 2.05) is 20.1 Å². The molecule has 20 heavy (non-hydrogen) atoms. The summed E-state index contributed by atoms with van der Waals surface area (Å²) in [4.78, 5) is 4.12. The second-order valence-electron chi connectivity index (χ2n) is 4.97. The summed E-state index contributed by atoms with van der Waals surface area (Å²) in [6, 6.07) is 6.57. The third-order valence-corrected chi connectivity index (χ3v) is 3.74. The maximum Gasteiger partial charge on any atom is 0.137 e. The molecule has 0 saturated carbocycles. The lowest BCUT2D eigenvalue weighted by atomic mass is 9.97. The first-order valence-corrected chi connectivity index (χ1v) is 6.87. The van der Waals surface area contributed by atoms with Gasteiger partial charge in [0, 0.05) is 19.7 Å². The number of aliphatic imine (C=N–C) groups is 1. The van der Waals surface area contributed by atoms with Crippen molar-refractivity contribution in [2.75, 3.05) is 7.05 Å². The normalized spacial score (nSPS) is 14.4. The monoisotopic (exact) mass is 266 g/mol. The van der Waals surface area contributed by atoms with E-state index in [2.05, 4.69) is 44.0 Å². The lowest BCUT2D eigenvalue weighted by molar-refractivity contribution is 0.766. The van der Waals surface area contributed by atoms with Crippen LogP contribution in [0.4, 0.5) is 0 Å². The highest BCUT2D eigenvalue weighted by molar-refractivity contribution is 6.09. The van der Waals surface area contributed by atoms with Crippen LogP contribution in [0.2, 0.25) is 0 Å². The summed E-state index contributed by atoms with van der Waals surface area (Å²) < 4.78 is 2.16. The van der Waals surface area contributed by atoms with Crippen molar-refractivity contribution < 1.29 is 0 Å². The van der Waals surface area contributed by atoms with Crippen molar-refractivity contribution in [1.82, 2.24) is 14.8 Å². The van der Waals surface area contributed by atoms with Crippen LogP contribution in [0.3, 0.4) is 0 Å². The summed E-state index contributed by atoms with van der Waals surface area (Å²) in [5.74, 6) is 2.01. The molecule has 4 nitrogen and oxygen atoms in total. The van der Waals surface area contributed by atoms with Crippen LogP contribution >= 0.6 is 0 Å². The van der Waals surface area contributed by atoms with E-state index in [1.165, 1.54) is 16.8 Å². The molecule has 1 aliphatic rings. The number of allylic oxidation sites excluding steroid dienone is 2. The smallest absolute Gasteiger partial charge is 0.137 e. The Bertz CT molecular complexity index is 707. The van der Waals surface area contributed by atoms with Gasteiger partial charge in [-0.05, 0) is 49.1 Å². The summed E-state index contributed by atoms with van der Waals surface area (Å²) in [6.45, 7) is 4.04. The van der Waals surface area contributed by atoms with E-state index in [1.54, 1.807) is 7.05 Å². The first kappa shape index (κ1) is 12.8. The van der Waals surface area contributed by atoms with Gasteiger partial charge in [-0.15, -0.1) is 10.2 Å².